The number of thioether (sulfide) groups is 1. The number of nitrogens with one attached hydrogen (secondary N) is 2. The Morgan fingerprint density at radius 3 is 2.34 bits per heavy atom. The van der Waals surface area contributed by atoms with Gasteiger partial charge >= 0.3 is 0 Å². The van der Waals surface area contributed by atoms with Gasteiger partial charge in [-0.15, -0.1) is 11.8 Å². The first-order valence-corrected chi connectivity index (χ1v) is 11.6. The third-order valence-corrected chi connectivity index (χ3v) is 6.55. The molecule has 0 saturated heterocycles. The maximum absolute atomic E-state index is 12.8. The Labute approximate surface area is 175 Å². The van der Waals surface area contributed by atoms with Crippen molar-refractivity contribution in [3.63, 3.8) is 0 Å². The maximum Gasteiger partial charge on any atom is 0.261 e. The van der Waals surface area contributed by atoms with Gasteiger partial charge in [0.15, 0.2) is 0 Å². The topological polar surface area (TPSA) is 75.3 Å². The SMILES string of the molecule is CCSc1ccccc1NC(=O)c1cccc(S(=O)(=O)Nc2ccccc2C)c1. The summed E-state index contributed by atoms with van der Waals surface area (Å²) < 4.78 is 28.1. The Morgan fingerprint density at radius 1 is 0.931 bits per heavy atom. The predicted molar refractivity (Wildman–Crippen MR) is 119 cm³/mol. The van der Waals surface area contributed by atoms with E-state index >= 15 is 0 Å². The van der Waals surface area contributed by atoms with Crippen molar-refractivity contribution in [1.29, 1.82) is 0 Å². The van der Waals surface area contributed by atoms with Crippen molar-refractivity contribution in [3.8, 4) is 0 Å². The normalized spacial score (nSPS) is 11.1. The minimum atomic E-state index is -3.82. The smallest absolute Gasteiger partial charge is 0.261 e. The van der Waals surface area contributed by atoms with Crippen LogP contribution in [-0.2, 0) is 10.0 Å². The molecule has 0 spiro atoms. The van der Waals surface area contributed by atoms with Crippen molar-refractivity contribution in [2.45, 2.75) is 23.6 Å². The van der Waals surface area contributed by atoms with Crippen LogP contribution in [0, 0.1) is 6.92 Å². The van der Waals surface area contributed by atoms with E-state index in [0.717, 1.165) is 16.2 Å². The molecule has 2 N–H and O–H groups in total. The molecule has 0 bridgehead atoms. The Bertz CT molecular complexity index is 1130. The van der Waals surface area contributed by atoms with Crippen LogP contribution in [0.3, 0.4) is 0 Å². The largest absolute Gasteiger partial charge is 0.321 e. The van der Waals surface area contributed by atoms with E-state index in [1.807, 2.05) is 50.2 Å². The van der Waals surface area contributed by atoms with Gasteiger partial charge in [-0.2, -0.15) is 0 Å². The Morgan fingerprint density at radius 2 is 1.62 bits per heavy atom. The number of benzene rings is 3. The van der Waals surface area contributed by atoms with Gasteiger partial charge < -0.3 is 5.32 Å². The van der Waals surface area contributed by atoms with Gasteiger partial charge in [-0.3, -0.25) is 9.52 Å². The number of anilines is 2. The highest BCUT2D eigenvalue weighted by atomic mass is 32.2. The summed E-state index contributed by atoms with van der Waals surface area (Å²) in [5, 5.41) is 2.87. The highest BCUT2D eigenvalue weighted by molar-refractivity contribution is 7.99. The summed E-state index contributed by atoms with van der Waals surface area (Å²) in [7, 11) is -3.82. The molecular formula is C22H22N2O3S2. The number of para-hydroxylation sites is 2. The molecular weight excluding hydrogens is 404 g/mol. The quantitative estimate of drug-likeness (QED) is 0.512. The molecule has 29 heavy (non-hydrogen) atoms. The van der Waals surface area contributed by atoms with E-state index in [9.17, 15) is 13.2 Å². The molecule has 0 atom stereocenters. The minimum absolute atomic E-state index is 0.0321. The zero-order chi connectivity index (χ0) is 20.9. The van der Waals surface area contributed by atoms with E-state index in [0.29, 0.717) is 11.4 Å². The first-order chi connectivity index (χ1) is 13.9. The van der Waals surface area contributed by atoms with Crippen LogP contribution in [0.15, 0.2) is 82.6 Å². The molecule has 0 radical (unpaired) electrons. The summed E-state index contributed by atoms with van der Waals surface area (Å²) in [6, 6.07) is 20.7. The zero-order valence-corrected chi connectivity index (χ0v) is 17.8. The molecule has 5 nitrogen and oxygen atoms in total. The van der Waals surface area contributed by atoms with Gasteiger partial charge in [-0.1, -0.05) is 43.3 Å². The molecule has 0 saturated carbocycles. The maximum atomic E-state index is 12.8. The van der Waals surface area contributed by atoms with Crippen LogP contribution in [0.4, 0.5) is 11.4 Å². The summed E-state index contributed by atoms with van der Waals surface area (Å²) in [6.45, 7) is 3.87. The van der Waals surface area contributed by atoms with E-state index in [-0.39, 0.29) is 16.4 Å². The van der Waals surface area contributed by atoms with Crippen LogP contribution in [0.1, 0.15) is 22.8 Å². The molecule has 3 rings (SSSR count). The zero-order valence-electron chi connectivity index (χ0n) is 16.2. The Balaban J connectivity index is 1.84. The molecule has 150 valence electrons. The fraction of sp³-hybridized carbons (Fsp3) is 0.136. The number of carbonyl (C=O) groups is 1. The first-order valence-electron chi connectivity index (χ1n) is 9.12. The van der Waals surface area contributed by atoms with Crippen molar-refractivity contribution in [2.75, 3.05) is 15.8 Å². The van der Waals surface area contributed by atoms with E-state index in [1.165, 1.54) is 12.1 Å². The fourth-order valence-electron chi connectivity index (χ4n) is 2.74. The summed E-state index contributed by atoms with van der Waals surface area (Å²) in [6.07, 6.45) is 0. The Hall–Kier alpha value is -2.77. The second-order valence-corrected chi connectivity index (χ2v) is 9.32. The van der Waals surface area contributed by atoms with Gasteiger partial charge in [0.05, 0.1) is 16.3 Å². The molecule has 0 aliphatic carbocycles. The molecule has 0 fully saturated rings. The van der Waals surface area contributed by atoms with E-state index in [2.05, 4.69) is 10.0 Å². The molecule has 0 unspecified atom stereocenters. The third-order valence-electron chi connectivity index (χ3n) is 4.23. The van der Waals surface area contributed by atoms with Gasteiger partial charge in [0.1, 0.15) is 0 Å². The molecule has 3 aromatic carbocycles. The number of sulfonamides is 1. The van der Waals surface area contributed by atoms with Crippen LogP contribution in [0.5, 0.6) is 0 Å². The number of amides is 1. The lowest BCUT2D eigenvalue weighted by Gasteiger charge is -2.12. The number of carbonyl (C=O) groups excluding carboxylic acids is 1. The molecule has 3 aromatic rings. The number of rotatable bonds is 7. The van der Waals surface area contributed by atoms with E-state index in [4.69, 9.17) is 0 Å². The highest BCUT2D eigenvalue weighted by Gasteiger charge is 2.18. The highest BCUT2D eigenvalue weighted by Crippen LogP contribution is 2.27. The number of hydrogen-bond acceptors (Lipinski definition) is 4. The Kier molecular flexibility index (Phi) is 6.61. The van der Waals surface area contributed by atoms with E-state index < -0.39 is 10.0 Å². The van der Waals surface area contributed by atoms with Gasteiger partial charge in [0, 0.05) is 10.5 Å². The number of hydrogen-bond donors (Lipinski definition) is 2. The van der Waals surface area contributed by atoms with Crippen molar-refractivity contribution in [1.82, 2.24) is 0 Å². The average Bonchev–Trinajstić information content (AvgIpc) is 2.71. The van der Waals surface area contributed by atoms with Crippen LogP contribution < -0.4 is 10.0 Å². The van der Waals surface area contributed by atoms with E-state index in [1.54, 1.807) is 36.0 Å². The van der Waals surface area contributed by atoms with Gasteiger partial charge in [0.2, 0.25) is 0 Å². The lowest BCUT2D eigenvalue weighted by atomic mass is 10.2. The second-order valence-electron chi connectivity index (χ2n) is 6.33. The summed E-state index contributed by atoms with van der Waals surface area (Å²) in [5.74, 6) is 0.521. The summed E-state index contributed by atoms with van der Waals surface area (Å²) in [5.41, 5.74) is 2.30. The van der Waals surface area contributed by atoms with Crippen LogP contribution in [0.2, 0.25) is 0 Å². The summed E-state index contributed by atoms with van der Waals surface area (Å²) >= 11 is 1.63. The van der Waals surface area contributed by atoms with Gasteiger partial charge in [-0.05, 0) is 54.6 Å². The van der Waals surface area contributed by atoms with Crippen molar-refractivity contribution < 1.29 is 13.2 Å². The van der Waals surface area contributed by atoms with Crippen molar-refractivity contribution in [2.24, 2.45) is 0 Å². The van der Waals surface area contributed by atoms with Crippen LogP contribution in [-0.4, -0.2) is 20.1 Å². The molecule has 7 heteroatoms. The van der Waals surface area contributed by atoms with Gasteiger partial charge in [-0.25, -0.2) is 8.42 Å². The number of aryl methyl sites for hydroxylation is 1. The lowest BCUT2D eigenvalue weighted by Crippen LogP contribution is -2.16. The first kappa shape index (κ1) is 21.0. The average molecular weight is 427 g/mol. The molecule has 0 aromatic heterocycles. The molecule has 0 heterocycles. The van der Waals surface area contributed by atoms with Crippen molar-refractivity contribution in [3.05, 3.63) is 83.9 Å². The lowest BCUT2D eigenvalue weighted by molar-refractivity contribution is 0.102. The molecule has 0 aliphatic heterocycles. The van der Waals surface area contributed by atoms with Crippen LogP contribution in [0.25, 0.3) is 0 Å². The summed E-state index contributed by atoms with van der Waals surface area (Å²) in [4.78, 5) is 13.7. The fourth-order valence-corrected chi connectivity index (χ4v) is 4.68. The van der Waals surface area contributed by atoms with Crippen LogP contribution >= 0.6 is 11.8 Å². The third kappa shape index (κ3) is 5.19. The monoisotopic (exact) mass is 426 g/mol. The minimum Gasteiger partial charge on any atom is -0.321 e. The predicted octanol–water partition coefficient (Wildman–Crippen LogP) is 5.16. The second kappa shape index (κ2) is 9.15. The van der Waals surface area contributed by atoms with Crippen molar-refractivity contribution >= 4 is 39.1 Å². The standard InChI is InChI=1S/C22H22N2O3S2/c1-3-28-21-14-7-6-13-20(21)23-22(25)17-10-8-11-18(15-17)29(26,27)24-19-12-5-4-9-16(19)2/h4-15,24H,3H2,1-2H3,(H,23,25). The van der Waals surface area contributed by atoms with Gasteiger partial charge in [0.25, 0.3) is 15.9 Å². The molecule has 1 amide bonds. The molecule has 0 aliphatic rings.